The van der Waals surface area contributed by atoms with E-state index in [-0.39, 0.29) is 0 Å². The van der Waals surface area contributed by atoms with Gasteiger partial charge in [-0.2, -0.15) is 0 Å². The molecule has 3 nitrogen and oxygen atoms in total. The van der Waals surface area contributed by atoms with Crippen LogP contribution in [0.2, 0.25) is 0 Å². The molecule has 19 heavy (non-hydrogen) atoms. The molecule has 0 aliphatic heterocycles. The van der Waals surface area contributed by atoms with Crippen molar-refractivity contribution in [3.63, 3.8) is 0 Å². The molecule has 1 aliphatic rings. The minimum Gasteiger partial charge on any atom is -0.383 e. The van der Waals surface area contributed by atoms with Crippen molar-refractivity contribution in [2.75, 3.05) is 26.8 Å². The molecule has 1 unspecified atom stereocenters. The Morgan fingerprint density at radius 2 is 1.84 bits per heavy atom. The lowest BCUT2D eigenvalue weighted by molar-refractivity contribution is 0.0745. The standard InChI is InChI=1S/C16H34N2O/c1-5-8-16(13-17-14-9-10-14)18(11-12-19-4)15(6-2)7-3/h14-17H,5-13H2,1-4H3. The minimum absolute atomic E-state index is 0.672. The van der Waals surface area contributed by atoms with Gasteiger partial charge in [0, 0.05) is 38.3 Å². The van der Waals surface area contributed by atoms with Gasteiger partial charge in [0.15, 0.2) is 0 Å². The van der Waals surface area contributed by atoms with E-state index in [9.17, 15) is 0 Å². The summed E-state index contributed by atoms with van der Waals surface area (Å²) < 4.78 is 5.32. The molecule has 0 radical (unpaired) electrons. The summed E-state index contributed by atoms with van der Waals surface area (Å²) in [6.45, 7) is 9.99. The van der Waals surface area contributed by atoms with Crippen LogP contribution in [-0.2, 0) is 4.74 Å². The first-order valence-electron chi connectivity index (χ1n) is 8.24. The predicted octanol–water partition coefficient (Wildman–Crippen LogP) is 3.04. The average molecular weight is 270 g/mol. The quantitative estimate of drug-likeness (QED) is 0.590. The Bertz CT molecular complexity index is 215. The number of methoxy groups -OCH3 is 1. The van der Waals surface area contributed by atoms with Crippen LogP contribution in [0.4, 0.5) is 0 Å². The Balaban J connectivity index is 2.56. The van der Waals surface area contributed by atoms with Gasteiger partial charge in [-0.15, -0.1) is 0 Å². The number of hydrogen-bond donors (Lipinski definition) is 1. The molecule has 0 bridgehead atoms. The Hall–Kier alpha value is -0.120. The second kappa shape index (κ2) is 9.73. The van der Waals surface area contributed by atoms with Crippen LogP contribution < -0.4 is 5.32 Å². The fraction of sp³-hybridized carbons (Fsp3) is 1.00. The van der Waals surface area contributed by atoms with Crippen molar-refractivity contribution in [2.24, 2.45) is 0 Å². The van der Waals surface area contributed by atoms with Gasteiger partial charge in [-0.3, -0.25) is 4.90 Å². The molecule has 0 aromatic rings. The van der Waals surface area contributed by atoms with Crippen LogP contribution in [-0.4, -0.2) is 49.8 Å². The zero-order valence-electron chi connectivity index (χ0n) is 13.5. The van der Waals surface area contributed by atoms with Gasteiger partial charge in [0.2, 0.25) is 0 Å². The van der Waals surface area contributed by atoms with Crippen molar-refractivity contribution in [1.82, 2.24) is 10.2 Å². The second-order valence-corrected chi connectivity index (χ2v) is 5.83. The van der Waals surface area contributed by atoms with Crippen molar-refractivity contribution < 1.29 is 4.74 Å². The maximum absolute atomic E-state index is 5.32. The van der Waals surface area contributed by atoms with E-state index in [1.165, 1.54) is 38.5 Å². The lowest BCUT2D eigenvalue weighted by Gasteiger charge is -2.37. The van der Waals surface area contributed by atoms with Crippen LogP contribution in [0.1, 0.15) is 59.3 Å². The van der Waals surface area contributed by atoms with E-state index >= 15 is 0 Å². The van der Waals surface area contributed by atoms with Crippen LogP contribution in [0.3, 0.4) is 0 Å². The molecule has 3 heteroatoms. The Labute approximate surface area is 120 Å². The molecule has 1 saturated carbocycles. The van der Waals surface area contributed by atoms with Gasteiger partial charge in [-0.05, 0) is 32.1 Å². The number of hydrogen-bond acceptors (Lipinski definition) is 3. The maximum Gasteiger partial charge on any atom is 0.0589 e. The molecular weight excluding hydrogens is 236 g/mol. The van der Waals surface area contributed by atoms with Crippen molar-refractivity contribution >= 4 is 0 Å². The summed E-state index contributed by atoms with van der Waals surface area (Å²) in [5.74, 6) is 0. The fourth-order valence-electron chi connectivity index (χ4n) is 2.93. The largest absolute Gasteiger partial charge is 0.383 e. The van der Waals surface area contributed by atoms with Crippen LogP contribution in [0, 0.1) is 0 Å². The highest BCUT2D eigenvalue weighted by atomic mass is 16.5. The lowest BCUT2D eigenvalue weighted by Crippen LogP contribution is -2.49. The van der Waals surface area contributed by atoms with Gasteiger partial charge in [-0.1, -0.05) is 27.2 Å². The van der Waals surface area contributed by atoms with Gasteiger partial charge in [-0.25, -0.2) is 0 Å². The summed E-state index contributed by atoms with van der Waals surface area (Å²) in [6, 6.07) is 2.18. The molecule has 1 N–H and O–H groups in total. The van der Waals surface area contributed by atoms with Gasteiger partial charge in [0.05, 0.1) is 6.61 Å². The topological polar surface area (TPSA) is 24.5 Å². The van der Waals surface area contributed by atoms with E-state index in [2.05, 4.69) is 31.0 Å². The average Bonchev–Trinajstić information content (AvgIpc) is 3.24. The normalized spacial score (nSPS) is 17.4. The molecule has 1 atom stereocenters. The second-order valence-electron chi connectivity index (χ2n) is 5.83. The van der Waals surface area contributed by atoms with Crippen LogP contribution in [0.15, 0.2) is 0 Å². The predicted molar refractivity (Wildman–Crippen MR) is 82.7 cm³/mol. The summed E-state index contributed by atoms with van der Waals surface area (Å²) in [5, 5.41) is 3.72. The zero-order valence-corrected chi connectivity index (χ0v) is 13.5. The third-order valence-corrected chi connectivity index (χ3v) is 4.28. The maximum atomic E-state index is 5.32. The highest BCUT2D eigenvalue weighted by molar-refractivity contribution is 4.86. The molecule has 0 aromatic heterocycles. The van der Waals surface area contributed by atoms with Gasteiger partial charge in [0.25, 0.3) is 0 Å². The number of ether oxygens (including phenoxy) is 1. The molecule has 1 rings (SSSR count). The van der Waals surface area contributed by atoms with E-state index in [0.717, 1.165) is 25.7 Å². The van der Waals surface area contributed by atoms with Crippen LogP contribution >= 0.6 is 0 Å². The molecule has 0 spiro atoms. The molecule has 0 heterocycles. The van der Waals surface area contributed by atoms with Gasteiger partial charge in [0.1, 0.15) is 0 Å². The minimum atomic E-state index is 0.672. The van der Waals surface area contributed by atoms with E-state index in [1.807, 2.05) is 7.11 Å². The summed E-state index contributed by atoms with van der Waals surface area (Å²) in [5.41, 5.74) is 0. The number of nitrogens with zero attached hydrogens (tertiary/aromatic N) is 1. The third kappa shape index (κ3) is 6.24. The van der Waals surface area contributed by atoms with Gasteiger partial charge < -0.3 is 10.1 Å². The Morgan fingerprint density at radius 1 is 1.16 bits per heavy atom. The Morgan fingerprint density at radius 3 is 2.32 bits per heavy atom. The molecule has 114 valence electrons. The highest BCUT2D eigenvalue weighted by Gasteiger charge is 2.26. The first-order valence-corrected chi connectivity index (χ1v) is 8.24. The van der Waals surface area contributed by atoms with Crippen molar-refractivity contribution in [1.29, 1.82) is 0 Å². The van der Waals surface area contributed by atoms with E-state index in [0.29, 0.717) is 12.1 Å². The summed E-state index contributed by atoms with van der Waals surface area (Å²) in [4.78, 5) is 2.70. The Kier molecular flexibility index (Phi) is 8.67. The highest BCUT2D eigenvalue weighted by Crippen LogP contribution is 2.21. The third-order valence-electron chi connectivity index (χ3n) is 4.28. The first kappa shape index (κ1) is 16.9. The summed E-state index contributed by atoms with van der Waals surface area (Å²) >= 11 is 0. The van der Waals surface area contributed by atoms with E-state index in [1.54, 1.807) is 0 Å². The van der Waals surface area contributed by atoms with Crippen molar-refractivity contribution in [3.8, 4) is 0 Å². The van der Waals surface area contributed by atoms with E-state index in [4.69, 9.17) is 4.74 Å². The van der Waals surface area contributed by atoms with Crippen LogP contribution in [0.25, 0.3) is 0 Å². The molecule has 0 amide bonds. The van der Waals surface area contributed by atoms with E-state index < -0.39 is 0 Å². The lowest BCUT2D eigenvalue weighted by atomic mass is 10.0. The zero-order chi connectivity index (χ0) is 14.1. The SMILES string of the molecule is CCCC(CNC1CC1)N(CCOC)C(CC)CC. The number of nitrogens with one attached hydrogen (secondary N) is 1. The molecule has 0 aromatic carbocycles. The van der Waals surface area contributed by atoms with Crippen molar-refractivity contribution in [3.05, 3.63) is 0 Å². The van der Waals surface area contributed by atoms with Gasteiger partial charge >= 0.3 is 0 Å². The first-order chi connectivity index (χ1) is 9.26. The van der Waals surface area contributed by atoms with Crippen LogP contribution in [0.5, 0.6) is 0 Å². The molecule has 1 fully saturated rings. The van der Waals surface area contributed by atoms with Crippen molar-refractivity contribution in [2.45, 2.75) is 77.4 Å². The molecule has 0 saturated heterocycles. The molecular formula is C16H34N2O. The molecule has 1 aliphatic carbocycles. The summed E-state index contributed by atoms with van der Waals surface area (Å²) in [7, 11) is 1.81. The number of rotatable bonds is 12. The summed E-state index contributed by atoms with van der Waals surface area (Å²) in [6.07, 6.45) is 7.79. The smallest absolute Gasteiger partial charge is 0.0589 e. The fourth-order valence-corrected chi connectivity index (χ4v) is 2.93. The monoisotopic (exact) mass is 270 g/mol.